The number of aromatic nitrogens is 4. The number of amides is 1. The summed E-state index contributed by atoms with van der Waals surface area (Å²) in [5.41, 5.74) is 3.40. The molecule has 0 spiro atoms. The second-order valence-corrected chi connectivity index (χ2v) is 11.5. The summed E-state index contributed by atoms with van der Waals surface area (Å²) in [7, 11) is 0. The van der Waals surface area contributed by atoms with Gasteiger partial charge in [0.25, 0.3) is 0 Å². The summed E-state index contributed by atoms with van der Waals surface area (Å²) in [6.07, 6.45) is 4.73. The lowest BCUT2D eigenvalue weighted by atomic mass is 9.98. The predicted molar refractivity (Wildman–Crippen MR) is 122 cm³/mol. The third-order valence-electron chi connectivity index (χ3n) is 5.41. The largest absolute Gasteiger partial charge is 0.378 e. The second-order valence-electron chi connectivity index (χ2n) is 7.87. The highest BCUT2D eigenvalue weighted by Crippen LogP contribution is 2.39. The van der Waals surface area contributed by atoms with Crippen LogP contribution in [0.2, 0.25) is 0 Å². The zero-order valence-electron chi connectivity index (χ0n) is 17.2. The van der Waals surface area contributed by atoms with Crippen molar-refractivity contribution in [3.8, 4) is 0 Å². The third kappa shape index (κ3) is 3.83. The lowest BCUT2D eigenvalue weighted by Crippen LogP contribution is -2.41. The molecule has 0 atom stereocenters. The molecule has 0 unspecified atom stereocenters. The maximum absolute atomic E-state index is 12.6. The van der Waals surface area contributed by atoms with Crippen molar-refractivity contribution in [3.63, 3.8) is 0 Å². The number of ether oxygens (including phenoxy) is 1. The minimum absolute atomic E-state index is 0.124. The lowest BCUT2D eigenvalue weighted by molar-refractivity contribution is -0.132. The Morgan fingerprint density at radius 2 is 1.97 bits per heavy atom. The smallest absolute Gasteiger partial charge is 0.233 e. The van der Waals surface area contributed by atoms with Crippen molar-refractivity contribution < 1.29 is 9.53 Å². The summed E-state index contributed by atoms with van der Waals surface area (Å²) >= 11 is 5.00. The Bertz CT molecular complexity index is 1090. The van der Waals surface area contributed by atoms with Crippen molar-refractivity contribution in [2.45, 2.75) is 55.1 Å². The molecule has 1 amide bonds. The first-order valence-corrected chi connectivity index (χ1v) is 13.1. The van der Waals surface area contributed by atoms with Gasteiger partial charge in [0, 0.05) is 23.2 Å². The third-order valence-corrected chi connectivity index (χ3v) is 8.55. The number of carbonyl (C=O) groups excluding carboxylic acids is 1. The Balaban J connectivity index is 1.52. The van der Waals surface area contributed by atoms with Crippen LogP contribution in [0.3, 0.4) is 0 Å². The van der Waals surface area contributed by atoms with E-state index >= 15 is 0 Å². The fourth-order valence-electron chi connectivity index (χ4n) is 3.97. The molecule has 0 N–H and O–H groups in total. The van der Waals surface area contributed by atoms with Gasteiger partial charge < -0.3 is 9.64 Å². The number of carbonyl (C=O) groups is 1. The van der Waals surface area contributed by atoms with Crippen molar-refractivity contribution in [1.29, 1.82) is 0 Å². The van der Waals surface area contributed by atoms with E-state index in [0.717, 1.165) is 39.0 Å². The number of aryl methyl sites for hydroxylation is 2. The highest BCUT2D eigenvalue weighted by atomic mass is 32.2. The van der Waals surface area contributed by atoms with Crippen LogP contribution in [0.5, 0.6) is 0 Å². The molecule has 1 aliphatic heterocycles. The van der Waals surface area contributed by atoms with Gasteiger partial charge in [-0.25, -0.2) is 9.38 Å². The highest BCUT2D eigenvalue weighted by molar-refractivity contribution is 8.00. The number of fused-ring (bicyclic) bond motifs is 5. The van der Waals surface area contributed by atoms with Gasteiger partial charge in [-0.05, 0) is 31.2 Å². The number of hydrogen-bond donors (Lipinski definition) is 0. The van der Waals surface area contributed by atoms with E-state index < -0.39 is 0 Å². The fraction of sp³-hybridized carbons (Fsp3) is 0.600. The first-order valence-electron chi connectivity index (χ1n) is 10.5. The molecule has 10 heteroatoms. The molecule has 30 heavy (non-hydrogen) atoms. The monoisotopic (exact) mass is 463 g/mol. The topological polar surface area (TPSA) is 72.6 Å². The number of hydrogen-bond acceptors (Lipinski definition) is 8. The van der Waals surface area contributed by atoms with E-state index in [1.165, 1.54) is 35.0 Å². The van der Waals surface area contributed by atoms with Crippen LogP contribution in [0.4, 0.5) is 0 Å². The molecule has 0 saturated carbocycles. The van der Waals surface area contributed by atoms with Crippen LogP contribution in [0.25, 0.3) is 15.9 Å². The Hall–Kier alpha value is -1.36. The van der Waals surface area contributed by atoms with Crippen LogP contribution in [-0.4, -0.2) is 67.7 Å². The van der Waals surface area contributed by atoms with E-state index in [2.05, 4.69) is 28.4 Å². The molecule has 160 valence electrons. The molecule has 0 radical (unpaired) electrons. The van der Waals surface area contributed by atoms with E-state index in [0.29, 0.717) is 37.3 Å². The number of morpholine rings is 1. The molecule has 3 aromatic heterocycles. The van der Waals surface area contributed by atoms with Crippen molar-refractivity contribution in [3.05, 3.63) is 10.4 Å². The second kappa shape index (κ2) is 8.64. The molecular weight excluding hydrogens is 438 g/mol. The van der Waals surface area contributed by atoms with Gasteiger partial charge in [0.2, 0.25) is 5.91 Å². The normalized spacial score (nSPS) is 17.2. The zero-order valence-corrected chi connectivity index (χ0v) is 19.7. The first kappa shape index (κ1) is 20.5. The number of thiophene rings is 1. The van der Waals surface area contributed by atoms with E-state index in [1.807, 2.05) is 16.2 Å². The van der Waals surface area contributed by atoms with Crippen LogP contribution < -0.4 is 0 Å². The first-order chi connectivity index (χ1) is 14.6. The molecule has 3 aromatic rings. The van der Waals surface area contributed by atoms with Gasteiger partial charge in [0.15, 0.2) is 16.0 Å². The van der Waals surface area contributed by atoms with Crippen molar-refractivity contribution in [2.75, 3.05) is 32.1 Å². The summed E-state index contributed by atoms with van der Waals surface area (Å²) < 4.78 is 8.54. The minimum Gasteiger partial charge on any atom is -0.378 e. The van der Waals surface area contributed by atoms with Gasteiger partial charge in [-0.15, -0.1) is 21.5 Å². The number of thioether (sulfide) groups is 2. The van der Waals surface area contributed by atoms with Gasteiger partial charge >= 0.3 is 0 Å². The Morgan fingerprint density at radius 3 is 2.77 bits per heavy atom. The molecular formula is C20H25N5O2S3. The van der Waals surface area contributed by atoms with Gasteiger partial charge in [0.05, 0.1) is 29.2 Å². The molecule has 7 nitrogen and oxygen atoms in total. The number of nitrogens with zero attached hydrogens (tertiary/aromatic N) is 5. The van der Waals surface area contributed by atoms with Gasteiger partial charge in [-0.2, -0.15) is 0 Å². The SMILES string of the molecule is CC(C)Sc1nc2c3c(sc2c2nnc(SCC(=O)N4CCOCC4)n12)CCCC3. The maximum Gasteiger partial charge on any atom is 0.233 e. The number of rotatable bonds is 5. The standard InChI is InChI=1S/C20H25N5O2S3/c1-12(2)29-19-21-16-13-5-3-4-6-14(13)30-17(16)18-22-23-20(25(18)19)28-11-15(26)24-7-9-27-10-8-24/h12H,3-11H2,1-2H3. The van der Waals surface area contributed by atoms with Crippen molar-refractivity contribution >= 4 is 56.6 Å². The molecule has 1 aliphatic carbocycles. The molecule has 0 bridgehead atoms. The predicted octanol–water partition coefficient (Wildman–Crippen LogP) is 3.67. The van der Waals surface area contributed by atoms with Crippen LogP contribution in [0.15, 0.2) is 10.3 Å². The highest BCUT2D eigenvalue weighted by Gasteiger charge is 2.25. The summed E-state index contributed by atoms with van der Waals surface area (Å²) in [4.78, 5) is 21.0. The Labute approximate surface area is 188 Å². The zero-order chi connectivity index (χ0) is 20.7. The van der Waals surface area contributed by atoms with Gasteiger partial charge in [-0.1, -0.05) is 37.4 Å². The molecule has 2 aliphatic rings. The van der Waals surface area contributed by atoms with Crippen LogP contribution in [0, 0.1) is 0 Å². The summed E-state index contributed by atoms with van der Waals surface area (Å²) in [6.45, 7) is 6.90. The van der Waals surface area contributed by atoms with Crippen LogP contribution in [-0.2, 0) is 22.4 Å². The van der Waals surface area contributed by atoms with Crippen molar-refractivity contribution in [2.24, 2.45) is 0 Å². The summed E-state index contributed by atoms with van der Waals surface area (Å²) in [5, 5.41) is 11.1. The van der Waals surface area contributed by atoms with Crippen LogP contribution in [0.1, 0.15) is 37.1 Å². The minimum atomic E-state index is 0.124. The summed E-state index contributed by atoms with van der Waals surface area (Å²) in [5.74, 6) is 0.477. The van der Waals surface area contributed by atoms with Gasteiger partial charge in [-0.3, -0.25) is 4.79 Å². The van der Waals surface area contributed by atoms with Crippen molar-refractivity contribution in [1.82, 2.24) is 24.5 Å². The Kier molecular flexibility index (Phi) is 5.92. The van der Waals surface area contributed by atoms with E-state index in [9.17, 15) is 4.79 Å². The molecule has 4 heterocycles. The molecule has 1 saturated heterocycles. The van der Waals surface area contributed by atoms with Crippen LogP contribution >= 0.6 is 34.9 Å². The van der Waals surface area contributed by atoms with E-state index in [1.54, 1.807) is 11.8 Å². The van der Waals surface area contributed by atoms with E-state index in [-0.39, 0.29) is 5.91 Å². The van der Waals surface area contributed by atoms with E-state index in [4.69, 9.17) is 9.72 Å². The fourth-order valence-corrected chi connectivity index (χ4v) is 7.01. The average molecular weight is 464 g/mol. The molecule has 1 fully saturated rings. The summed E-state index contributed by atoms with van der Waals surface area (Å²) in [6, 6.07) is 0. The molecule has 0 aromatic carbocycles. The van der Waals surface area contributed by atoms with Gasteiger partial charge in [0.1, 0.15) is 0 Å². The maximum atomic E-state index is 12.6. The lowest BCUT2D eigenvalue weighted by Gasteiger charge is -2.26. The molecule has 5 rings (SSSR count). The quantitative estimate of drug-likeness (QED) is 0.422. The average Bonchev–Trinajstić information content (AvgIpc) is 3.34. The Morgan fingerprint density at radius 1 is 1.17 bits per heavy atom.